The number of nitrogens with zero attached hydrogens (tertiary/aromatic N) is 1. The zero-order valence-electron chi connectivity index (χ0n) is 8.96. The minimum Gasteiger partial charge on any atom is -0.349 e. The molecule has 0 aliphatic rings. The summed E-state index contributed by atoms with van der Waals surface area (Å²) >= 11 is 3.30. The monoisotopic (exact) mass is 270 g/mol. The molecule has 82 valence electrons. The molecule has 0 saturated carbocycles. The average molecular weight is 271 g/mol. The van der Waals surface area contributed by atoms with Crippen molar-refractivity contribution in [2.45, 2.75) is 31.6 Å². The first-order chi connectivity index (χ1) is 7.15. The second-order valence-electron chi connectivity index (χ2n) is 3.36. The molecule has 1 aromatic rings. The predicted molar refractivity (Wildman–Crippen MR) is 63.8 cm³/mol. The Hall–Kier alpha value is -0.900. The van der Waals surface area contributed by atoms with Gasteiger partial charge in [-0.2, -0.15) is 0 Å². The van der Waals surface area contributed by atoms with Crippen LogP contribution in [0.15, 0.2) is 18.3 Å². The van der Waals surface area contributed by atoms with Crippen LogP contribution < -0.4 is 5.32 Å². The summed E-state index contributed by atoms with van der Waals surface area (Å²) in [5, 5.41) is 2.84. The lowest BCUT2D eigenvalue weighted by molar-refractivity contribution is -0.120. The third kappa shape index (κ3) is 3.63. The van der Waals surface area contributed by atoms with E-state index in [2.05, 4.69) is 26.2 Å². The van der Waals surface area contributed by atoms with Crippen LogP contribution in [0.1, 0.15) is 24.6 Å². The van der Waals surface area contributed by atoms with Crippen molar-refractivity contribution in [2.24, 2.45) is 0 Å². The van der Waals surface area contributed by atoms with Crippen LogP contribution in [0.2, 0.25) is 0 Å². The van der Waals surface area contributed by atoms with Crippen molar-refractivity contribution >= 4 is 21.8 Å². The lowest BCUT2D eigenvalue weighted by Gasteiger charge is -2.09. The van der Waals surface area contributed by atoms with Gasteiger partial charge < -0.3 is 5.32 Å². The van der Waals surface area contributed by atoms with E-state index >= 15 is 0 Å². The zero-order chi connectivity index (χ0) is 11.3. The molecule has 15 heavy (non-hydrogen) atoms. The van der Waals surface area contributed by atoms with E-state index in [0.29, 0.717) is 6.54 Å². The van der Waals surface area contributed by atoms with Crippen molar-refractivity contribution < 1.29 is 4.79 Å². The van der Waals surface area contributed by atoms with Crippen molar-refractivity contribution in [1.82, 2.24) is 10.3 Å². The Labute approximate surface area is 98.4 Å². The van der Waals surface area contributed by atoms with Crippen LogP contribution in [0.3, 0.4) is 0 Å². The number of aromatic nitrogens is 1. The number of carbonyl (C=O) groups excluding carboxylic acids is 1. The Kier molecular flexibility index (Phi) is 4.75. The Bertz CT molecular complexity index is 341. The molecule has 4 heteroatoms. The van der Waals surface area contributed by atoms with Gasteiger partial charge in [0, 0.05) is 6.20 Å². The summed E-state index contributed by atoms with van der Waals surface area (Å²) in [5.41, 5.74) is 2.02. The molecule has 1 rings (SSSR count). The van der Waals surface area contributed by atoms with Crippen LogP contribution in [0, 0.1) is 6.92 Å². The van der Waals surface area contributed by atoms with E-state index in [-0.39, 0.29) is 10.7 Å². The highest BCUT2D eigenvalue weighted by Crippen LogP contribution is 2.06. The van der Waals surface area contributed by atoms with Crippen molar-refractivity contribution in [1.29, 1.82) is 0 Å². The molecule has 0 aromatic carbocycles. The Morgan fingerprint density at radius 2 is 2.40 bits per heavy atom. The molecule has 0 bridgehead atoms. The number of halogens is 1. The SMILES string of the molecule is CCC(Br)C(=O)NCc1ncccc1C. The maximum absolute atomic E-state index is 11.5. The molecular formula is C11H15BrN2O. The molecule has 0 saturated heterocycles. The largest absolute Gasteiger partial charge is 0.349 e. The fourth-order valence-corrected chi connectivity index (χ4v) is 1.33. The Morgan fingerprint density at radius 1 is 1.67 bits per heavy atom. The van der Waals surface area contributed by atoms with E-state index in [9.17, 15) is 4.79 Å². The fourth-order valence-electron chi connectivity index (χ4n) is 1.17. The molecule has 1 heterocycles. The molecule has 0 spiro atoms. The highest BCUT2D eigenvalue weighted by atomic mass is 79.9. The number of pyridine rings is 1. The number of carbonyl (C=O) groups is 1. The van der Waals surface area contributed by atoms with Gasteiger partial charge in [-0.15, -0.1) is 0 Å². The van der Waals surface area contributed by atoms with Crippen LogP contribution in [0.4, 0.5) is 0 Å². The van der Waals surface area contributed by atoms with E-state index in [4.69, 9.17) is 0 Å². The molecule has 1 amide bonds. The van der Waals surface area contributed by atoms with Gasteiger partial charge in [0.05, 0.1) is 17.1 Å². The van der Waals surface area contributed by atoms with Crippen LogP contribution >= 0.6 is 15.9 Å². The number of rotatable bonds is 4. The fraction of sp³-hybridized carbons (Fsp3) is 0.455. The van der Waals surface area contributed by atoms with Gasteiger partial charge >= 0.3 is 0 Å². The summed E-state index contributed by atoms with van der Waals surface area (Å²) in [6.07, 6.45) is 2.52. The molecule has 0 radical (unpaired) electrons. The minimum absolute atomic E-state index is 0.0163. The van der Waals surface area contributed by atoms with Crippen LogP contribution in [0.25, 0.3) is 0 Å². The minimum atomic E-state index is -0.110. The maximum Gasteiger partial charge on any atom is 0.234 e. The summed E-state index contributed by atoms with van der Waals surface area (Å²) in [6, 6.07) is 3.87. The third-order valence-corrected chi connectivity index (χ3v) is 3.25. The second kappa shape index (κ2) is 5.85. The van der Waals surface area contributed by atoms with E-state index in [1.165, 1.54) is 0 Å². The molecule has 0 aliphatic carbocycles. The van der Waals surface area contributed by atoms with Gasteiger partial charge in [-0.25, -0.2) is 0 Å². The molecule has 1 unspecified atom stereocenters. The third-order valence-electron chi connectivity index (χ3n) is 2.19. The maximum atomic E-state index is 11.5. The van der Waals surface area contributed by atoms with Gasteiger partial charge in [-0.1, -0.05) is 28.9 Å². The quantitative estimate of drug-likeness (QED) is 0.853. The van der Waals surface area contributed by atoms with E-state index in [1.807, 2.05) is 26.0 Å². The summed E-state index contributed by atoms with van der Waals surface area (Å²) in [6.45, 7) is 4.44. The first-order valence-corrected chi connectivity index (χ1v) is 5.89. The highest BCUT2D eigenvalue weighted by molar-refractivity contribution is 9.10. The number of hydrogen-bond acceptors (Lipinski definition) is 2. The predicted octanol–water partition coefficient (Wildman–Crippen LogP) is 2.18. The van der Waals surface area contributed by atoms with Crippen molar-refractivity contribution in [2.75, 3.05) is 0 Å². The summed E-state index contributed by atoms with van der Waals surface area (Å²) < 4.78 is 0. The molecule has 1 aromatic heterocycles. The lowest BCUT2D eigenvalue weighted by atomic mass is 10.2. The normalized spacial score (nSPS) is 12.2. The van der Waals surface area contributed by atoms with Gasteiger partial charge in [0.25, 0.3) is 0 Å². The molecule has 0 fully saturated rings. The summed E-state index contributed by atoms with van der Waals surface area (Å²) in [4.78, 5) is 15.6. The molecule has 0 aliphatic heterocycles. The van der Waals surface area contributed by atoms with Crippen molar-refractivity contribution in [3.05, 3.63) is 29.6 Å². The molecular weight excluding hydrogens is 256 g/mol. The first-order valence-electron chi connectivity index (χ1n) is 4.97. The van der Waals surface area contributed by atoms with Gasteiger partial charge in [0.2, 0.25) is 5.91 Å². The Morgan fingerprint density at radius 3 is 3.00 bits per heavy atom. The van der Waals surface area contributed by atoms with Gasteiger partial charge in [0.1, 0.15) is 0 Å². The van der Waals surface area contributed by atoms with Crippen molar-refractivity contribution in [3.63, 3.8) is 0 Å². The zero-order valence-corrected chi connectivity index (χ0v) is 10.5. The summed E-state index contributed by atoms with van der Waals surface area (Å²) in [5.74, 6) is 0.0163. The van der Waals surface area contributed by atoms with Gasteiger partial charge in [-0.3, -0.25) is 9.78 Å². The van der Waals surface area contributed by atoms with Crippen LogP contribution in [-0.4, -0.2) is 15.7 Å². The lowest BCUT2D eigenvalue weighted by Crippen LogP contribution is -2.30. The smallest absolute Gasteiger partial charge is 0.234 e. The molecule has 1 N–H and O–H groups in total. The molecule has 1 atom stereocenters. The number of aryl methyl sites for hydroxylation is 1. The Balaban J connectivity index is 2.51. The van der Waals surface area contributed by atoms with Crippen LogP contribution in [-0.2, 0) is 11.3 Å². The average Bonchev–Trinajstić information content (AvgIpc) is 2.26. The van der Waals surface area contributed by atoms with Gasteiger partial charge in [0.15, 0.2) is 0 Å². The first kappa shape index (κ1) is 12.2. The van der Waals surface area contributed by atoms with E-state index < -0.39 is 0 Å². The number of alkyl halides is 1. The molecule has 3 nitrogen and oxygen atoms in total. The standard InChI is InChI=1S/C11H15BrN2O/c1-3-9(12)11(15)14-7-10-8(2)5-4-6-13-10/h4-6,9H,3,7H2,1-2H3,(H,14,15). The van der Waals surface area contributed by atoms with E-state index in [1.54, 1.807) is 6.20 Å². The number of hydrogen-bond donors (Lipinski definition) is 1. The topological polar surface area (TPSA) is 42.0 Å². The van der Waals surface area contributed by atoms with Gasteiger partial charge in [-0.05, 0) is 25.0 Å². The van der Waals surface area contributed by atoms with E-state index in [0.717, 1.165) is 17.7 Å². The van der Waals surface area contributed by atoms with Crippen LogP contribution in [0.5, 0.6) is 0 Å². The number of nitrogens with one attached hydrogen (secondary N) is 1. The second-order valence-corrected chi connectivity index (χ2v) is 4.47. The highest BCUT2D eigenvalue weighted by Gasteiger charge is 2.11. The summed E-state index contributed by atoms with van der Waals surface area (Å²) in [7, 11) is 0. The van der Waals surface area contributed by atoms with Crippen molar-refractivity contribution in [3.8, 4) is 0 Å². The number of amides is 1.